The molecule has 29 heavy (non-hydrogen) atoms. The maximum Gasteiger partial charge on any atom is 0.251 e. The topological polar surface area (TPSA) is 69.3 Å². The Balaban J connectivity index is 1.77. The molecule has 1 amide bonds. The number of hydrogen-bond donors (Lipinski definition) is 1. The monoisotopic (exact) mass is 400 g/mol. The molecule has 0 spiro atoms. The van der Waals surface area contributed by atoms with E-state index in [0.29, 0.717) is 36.8 Å². The Morgan fingerprint density at radius 3 is 2.31 bits per heavy atom. The van der Waals surface area contributed by atoms with Crippen molar-refractivity contribution in [2.24, 2.45) is 0 Å². The highest BCUT2D eigenvalue weighted by Gasteiger charge is 2.24. The third-order valence-electron chi connectivity index (χ3n) is 5.09. The zero-order valence-corrected chi connectivity index (χ0v) is 17.1. The molecule has 2 aromatic carbocycles. The fourth-order valence-electron chi connectivity index (χ4n) is 3.44. The lowest BCUT2D eigenvalue weighted by molar-refractivity contribution is 0.0162. The molecular formula is C22H28N2O5. The van der Waals surface area contributed by atoms with Gasteiger partial charge in [0.2, 0.25) is 0 Å². The summed E-state index contributed by atoms with van der Waals surface area (Å²) in [5.74, 6) is 1.95. The van der Waals surface area contributed by atoms with E-state index in [1.807, 2.05) is 18.2 Å². The van der Waals surface area contributed by atoms with Crippen molar-refractivity contribution in [3.63, 3.8) is 0 Å². The summed E-state index contributed by atoms with van der Waals surface area (Å²) >= 11 is 0. The van der Waals surface area contributed by atoms with Gasteiger partial charge in [0, 0.05) is 25.2 Å². The van der Waals surface area contributed by atoms with Crippen LogP contribution < -0.4 is 19.5 Å². The summed E-state index contributed by atoms with van der Waals surface area (Å²) in [6.45, 7) is 3.43. The summed E-state index contributed by atoms with van der Waals surface area (Å²) in [4.78, 5) is 15.0. The van der Waals surface area contributed by atoms with Crippen molar-refractivity contribution < 1.29 is 23.7 Å². The first-order valence-electron chi connectivity index (χ1n) is 9.62. The number of carbonyl (C=O) groups is 1. The fourth-order valence-corrected chi connectivity index (χ4v) is 3.44. The van der Waals surface area contributed by atoms with E-state index in [-0.39, 0.29) is 11.9 Å². The van der Waals surface area contributed by atoms with Crippen LogP contribution in [0.4, 0.5) is 0 Å². The minimum absolute atomic E-state index is 0.000837. The molecule has 1 aliphatic rings. The Bertz CT molecular complexity index is 803. The maximum absolute atomic E-state index is 12.6. The molecule has 1 atom stereocenters. The van der Waals surface area contributed by atoms with Crippen molar-refractivity contribution in [2.75, 3.05) is 54.2 Å². The van der Waals surface area contributed by atoms with Crippen LogP contribution in [0.1, 0.15) is 22.0 Å². The van der Waals surface area contributed by atoms with Gasteiger partial charge in [0.15, 0.2) is 11.5 Å². The minimum atomic E-state index is -0.119. The van der Waals surface area contributed by atoms with Crippen molar-refractivity contribution in [2.45, 2.75) is 6.04 Å². The molecule has 0 aliphatic carbocycles. The Labute approximate surface area is 171 Å². The van der Waals surface area contributed by atoms with E-state index in [0.717, 1.165) is 24.4 Å². The van der Waals surface area contributed by atoms with Crippen LogP contribution in [-0.2, 0) is 4.74 Å². The van der Waals surface area contributed by atoms with Crippen LogP contribution in [0.15, 0.2) is 42.5 Å². The third kappa shape index (κ3) is 5.19. The summed E-state index contributed by atoms with van der Waals surface area (Å²) in [6, 6.07) is 13.0. The number of benzene rings is 2. The number of rotatable bonds is 8. The highest BCUT2D eigenvalue weighted by molar-refractivity contribution is 5.94. The molecule has 1 fully saturated rings. The second-order valence-corrected chi connectivity index (χ2v) is 6.72. The lowest BCUT2D eigenvalue weighted by Crippen LogP contribution is -2.43. The Morgan fingerprint density at radius 2 is 1.69 bits per heavy atom. The molecule has 0 bridgehead atoms. The second kappa shape index (κ2) is 10.1. The van der Waals surface area contributed by atoms with Gasteiger partial charge in [0.25, 0.3) is 5.91 Å². The molecular weight excluding hydrogens is 372 g/mol. The number of hydrogen-bond acceptors (Lipinski definition) is 6. The van der Waals surface area contributed by atoms with Crippen molar-refractivity contribution in [1.29, 1.82) is 0 Å². The number of nitrogens with one attached hydrogen (secondary N) is 1. The molecule has 1 unspecified atom stereocenters. The first-order valence-corrected chi connectivity index (χ1v) is 9.62. The molecule has 1 heterocycles. The van der Waals surface area contributed by atoms with Crippen molar-refractivity contribution in [3.8, 4) is 17.2 Å². The highest BCUT2D eigenvalue weighted by atomic mass is 16.5. The van der Waals surface area contributed by atoms with E-state index >= 15 is 0 Å². The average molecular weight is 400 g/mol. The normalized spacial score (nSPS) is 15.4. The molecule has 0 radical (unpaired) electrons. The average Bonchev–Trinajstić information content (AvgIpc) is 2.79. The number of nitrogens with zero attached hydrogens (tertiary/aromatic N) is 1. The molecule has 1 aliphatic heterocycles. The van der Waals surface area contributed by atoms with Gasteiger partial charge >= 0.3 is 0 Å². The molecule has 0 saturated carbocycles. The first-order chi connectivity index (χ1) is 14.2. The number of amides is 1. The van der Waals surface area contributed by atoms with Gasteiger partial charge in [0.1, 0.15) is 5.75 Å². The summed E-state index contributed by atoms with van der Waals surface area (Å²) in [6.07, 6.45) is 0. The Hall–Kier alpha value is -2.77. The van der Waals surface area contributed by atoms with Crippen LogP contribution in [-0.4, -0.2) is 65.0 Å². The van der Waals surface area contributed by atoms with Gasteiger partial charge in [-0.1, -0.05) is 6.07 Å². The summed E-state index contributed by atoms with van der Waals surface area (Å²) in [7, 11) is 4.84. The number of ether oxygens (including phenoxy) is 4. The predicted molar refractivity (Wildman–Crippen MR) is 110 cm³/mol. The van der Waals surface area contributed by atoms with Crippen LogP contribution in [0, 0.1) is 0 Å². The molecule has 3 rings (SSSR count). The third-order valence-corrected chi connectivity index (χ3v) is 5.09. The molecule has 1 saturated heterocycles. The van der Waals surface area contributed by atoms with Crippen molar-refractivity contribution in [3.05, 3.63) is 53.6 Å². The standard InChI is InChI=1S/C22H28N2O5/c1-26-18-7-4-16(5-8-18)22(25)23-15-19(24-10-12-29-13-11-24)17-6-9-20(27-2)21(14-17)28-3/h4-9,14,19H,10-13,15H2,1-3H3,(H,23,25). The van der Waals surface area contributed by atoms with Gasteiger partial charge in [-0.05, 0) is 42.0 Å². The zero-order valence-electron chi connectivity index (χ0n) is 17.1. The molecule has 0 aromatic heterocycles. The first kappa shape index (κ1) is 21.0. The quantitative estimate of drug-likeness (QED) is 0.734. The molecule has 7 heteroatoms. The fraction of sp³-hybridized carbons (Fsp3) is 0.409. The zero-order chi connectivity index (χ0) is 20.6. The number of methoxy groups -OCH3 is 3. The molecule has 156 valence electrons. The molecule has 7 nitrogen and oxygen atoms in total. The van der Waals surface area contributed by atoms with Gasteiger partial charge in [-0.15, -0.1) is 0 Å². The van der Waals surface area contributed by atoms with E-state index in [9.17, 15) is 4.79 Å². The Morgan fingerprint density at radius 1 is 1.00 bits per heavy atom. The van der Waals surface area contributed by atoms with Gasteiger partial charge in [0.05, 0.1) is 40.6 Å². The summed E-state index contributed by atoms with van der Waals surface area (Å²) in [5, 5.41) is 3.06. The lowest BCUT2D eigenvalue weighted by atomic mass is 10.0. The van der Waals surface area contributed by atoms with Gasteiger partial charge in [-0.3, -0.25) is 9.69 Å². The van der Waals surface area contributed by atoms with Crippen molar-refractivity contribution >= 4 is 5.91 Å². The van der Waals surface area contributed by atoms with Crippen LogP contribution in [0.2, 0.25) is 0 Å². The number of carbonyl (C=O) groups excluding carboxylic acids is 1. The van der Waals surface area contributed by atoms with Crippen LogP contribution in [0.3, 0.4) is 0 Å². The molecule has 2 aromatic rings. The van der Waals surface area contributed by atoms with E-state index in [1.165, 1.54) is 0 Å². The van der Waals surface area contributed by atoms with E-state index in [2.05, 4.69) is 10.2 Å². The van der Waals surface area contributed by atoms with Gasteiger partial charge in [-0.25, -0.2) is 0 Å². The smallest absolute Gasteiger partial charge is 0.251 e. The molecule has 1 N–H and O–H groups in total. The van der Waals surface area contributed by atoms with E-state index in [1.54, 1.807) is 45.6 Å². The van der Waals surface area contributed by atoms with E-state index < -0.39 is 0 Å². The van der Waals surface area contributed by atoms with Crippen molar-refractivity contribution in [1.82, 2.24) is 10.2 Å². The van der Waals surface area contributed by atoms with E-state index in [4.69, 9.17) is 18.9 Å². The Kier molecular flexibility index (Phi) is 7.32. The summed E-state index contributed by atoms with van der Waals surface area (Å²) < 4.78 is 21.5. The number of morpholine rings is 1. The predicted octanol–water partition coefficient (Wildman–Crippen LogP) is 2.52. The van der Waals surface area contributed by atoms with Gasteiger partial charge in [-0.2, -0.15) is 0 Å². The van der Waals surface area contributed by atoms with Crippen LogP contribution in [0.5, 0.6) is 17.2 Å². The highest BCUT2D eigenvalue weighted by Crippen LogP contribution is 2.32. The van der Waals surface area contributed by atoms with Crippen LogP contribution >= 0.6 is 0 Å². The maximum atomic E-state index is 12.6. The summed E-state index contributed by atoms with van der Waals surface area (Å²) in [5.41, 5.74) is 1.65. The van der Waals surface area contributed by atoms with Crippen LogP contribution in [0.25, 0.3) is 0 Å². The second-order valence-electron chi connectivity index (χ2n) is 6.72. The minimum Gasteiger partial charge on any atom is -0.497 e. The largest absolute Gasteiger partial charge is 0.497 e. The lowest BCUT2D eigenvalue weighted by Gasteiger charge is -2.35. The van der Waals surface area contributed by atoms with Gasteiger partial charge < -0.3 is 24.3 Å². The SMILES string of the molecule is COc1ccc(C(=O)NCC(c2ccc(OC)c(OC)c2)N2CCOCC2)cc1.